The van der Waals surface area contributed by atoms with Gasteiger partial charge in [0.25, 0.3) is 0 Å². The molecule has 0 radical (unpaired) electrons. The third kappa shape index (κ3) is 6.06. The molecule has 0 aliphatic heterocycles. The highest BCUT2D eigenvalue weighted by molar-refractivity contribution is 5.66. The fourth-order valence-corrected chi connectivity index (χ4v) is 4.11. The van der Waals surface area contributed by atoms with Crippen molar-refractivity contribution in [2.45, 2.75) is 32.6 Å². The van der Waals surface area contributed by atoms with E-state index in [9.17, 15) is 13.2 Å². The maximum atomic E-state index is 14.8. The van der Waals surface area contributed by atoms with Gasteiger partial charge in [-0.05, 0) is 67.0 Å². The van der Waals surface area contributed by atoms with Gasteiger partial charge >= 0.3 is 0 Å². The minimum atomic E-state index is -0.824. The Morgan fingerprint density at radius 1 is 0.750 bits per heavy atom. The molecule has 0 bridgehead atoms. The van der Waals surface area contributed by atoms with Gasteiger partial charge in [-0.2, -0.15) is 0 Å². The summed E-state index contributed by atoms with van der Waals surface area (Å²) in [6.07, 6.45) is 4.42. The molecule has 4 rings (SSSR count). The molecule has 0 unspecified atom stereocenters. The van der Waals surface area contributed by atoms with Crippen molar-refractivity contribution in [3.05, 3.63) is 126 Å². The third-order valence-corrected chi connectivity index (χ3v) is 6.23. The van der Waals surface area contributed by atoms with Crippen LogP contribution in [0.5, 0.6) is 5.75 Å². The van der Waals surface area contributed by atoms with E-state index >= 15 is 0 Å². The molecule has 0 atom stereocenters. The SMILES string of the molecule is C=CCCCOc1ccc(-c2ccc(CCc3ccc(-c4ccc(C)cc4)c(F)c3F)cc2)c(F)c1. The predicted octanol–water partition coefficient (Wildman–Crippen LogP) is 8.88. The molecule has 4 heteroatoms. The summed E-state index contributed by atoms with van der Waals surface area (Å²) in [6, 6.07) is 23.0. The van der Waals surface area contributed by atoms with Crippen molar-refractivity contribution < 1.29 is 17.9 Å². The van der Waals surface area contributed by atoms with Crippen LogP contribution in [-0.4, -0.2) is 6.61 Å². The molecule has 36 heavy (non-hydrogen) atoms. The van der Waals surface area contributed by atoms with Crippen LogP contribution < -0.4 is 4.74 Å². The van der Waals surface area contributed by atoms with Gasteiger partial charge in [-0.3, -0.25) is 0 Å². The van der Waals surface area contributed by atoms with Gasteiger partial charge in [0.1, 0.15) is 11.6 Å². The Morgan fingerprint density at radius 3 is 2.11 bits per heavy atom. The van der Waals surface area contributed by atoms with E-state index in [-0.39, 0.29) is 11.4 Å². The zero-order valence-electron chi connectivity index (χ0n) is 20.4. The van der Waals surface area contributed by atoms with E-state index in [1.54, 1.807) is 36.4 Å². The number of halogens is 3. The highest BCUT2D eigenvalue weighted by atomic mass is 19.2. The first kappa shape index (κ1) is 25.3. The van der Waals surface area contributed by atoms with E-state index in [4.69, 9.17) is 4.74 Å². The number of benzene rings is 4. The third-order valence-electron chi connectivity index (χ3n) is 6.23. The second kappa shape index (κ2) is 11.8. The maximum absolute atomic E-state index is 14.8. The molecule has 1 nitrogen and oxygen atoms in total. The molecule has 0 spiro atoms. The van der Waals surface area contributed by atoms with Gasteiger partial charge in [0.15, 0.2) is 11.6 Å². The summed E-state index contributed by atoms with van der Waals surface area (Å²) in [5.41, 5.74) is 4.50. The van der Waals surface area contributed by atoms with Crippen LogP contribution in [0.3, 0.4) is 0 Å². The van der Waals surface area contributed by atoms with Crippen LogP contribution in [0.2, 0.25) is 0 Å². The van der Waals surface area contributed by atoms with E-state index < -0.39 is 11.6 Å². The van der Waals surface area contributed by atoms with Crippen LogP contribution in [0, 0.1) is 24.4 Å². The Hall–Kier alpha value is -3.79. The normalized spacial score (nSPS) is 10.9. The largest absolute Gasteiger partial charge is 0.493 e. The highest BCUT2D eigenvalue weighted by Crippen LogP contribution is 2.29. The Labute approximate surface area is 210 Å². The zero-order valence-corrected chi connectivity index (χ0v) is 20.4. The minimum absolute atomic E-state index is 0.260. The van der Waals surface area contributed by atoms with Crippen molar-refractivity contribution in [1.82, 2.24) is 0 Å². The lowest BCUT2D eigenvalue weighted by Crippen LogP contribution is -2.00. The number of hydrogen-bond acceptors (Lipinski definition) is 1. The van der Waals surface area contributed by atoms with Gasteiger partial charge < -0.3 is 4.74 Å². The van der Waals surface area contributed by atoms with Gasteiger partial charge in [0, 0.05) is 17.2 Å². The van der Waals surface area contributed by atoms with Crippen molar-refractivity contribution in [3.8, 4) is 28.0 Å². The molecule has 0 aliphatic carbocycles. The monoisotopic (exact) mass is 486 g/mol. The van der Waals surface area contributed by atoms with Gasteiger partial charge in [0.05, 0.1) is 6.61 Å². The van der Waals surface area contributed by atoms with Crippen LogP contribution >= 0.6 is 0 Å². The van der Waals surface area contributed by atoms with Crippen molar-refractivity contribution >= 4 is 0 Å². The summed E-state index contributed by atoms with van der Waals surface area (Å²) < 4.78 is 49.8. The fourth-order valence-electron chi connectivity index (χ4n) is 4.11. The van der Waals surface area contributed by atoms with Gasteiger partial charge in [-0.25, -0.2) is 13.2 Å². The van der Waals surface area contributed by atoms with Crippen molar-refractivity contribution in [2.24, 2.45) is 0 Å². The zero-order chi connectivity index (χ0) is 25.5. The summed E-state index contributed by atoms with van der Waals surface area (Å²) in [5, 5.41) is 0. The number of hydrogen-bond donors (Lipinski definition) is 0. The molecule has 0 saturated carbocycles. The topological polar surface area (TPSA) is 9.23 Å². The van der Waals surface area contributed by atoms with E-state index in [1.165, 1.54) is 6.07 Å². The summed E-state index contributed by atoms with van der Waals surface area (Å²) >= 11 is 0. The average molecular weight is 487 g/mol. The number of allylic oxidation sites excluding steroid dienone is 1. The first-order valence-electron chi connectivity index (χ1n) is 12.1. The van der Waals surface area contributed by atoms with Crippen LogP contribution in [0.25, 0.3) is 22.3 Å². The second-order valence-corrected chi connectivity index (χ2v) is 8.88. The summed E-state index contributed by atoms with van der Waals surface area (Å²) in [7, 11) is 0. The molecule has 184 valence electrons. The smallest absolute Gasteiger partial charge is 0.166 e. The second-order valence-electron chi connectivity index (χ2n) is 8.88. The lowest BCUT2D eigenvalue weighted by molar-refractivity contribution is 0.310. The van der Waals surface area contributed by atoms with Crippen LogP contribution in [0.4, 0.5) is 13.2 Å². The molecule has 4 aromatic carbocycles. The van der Waals surface area contributed by atoms with Crippen LogP contribution in [0.1, 0.15) is 29.5 Å². The Morgan fingerprint density at radius 2 is 1.42 bits per heavy atom. The summed E-state index contributed by atoms with van der Waals surface area (Å²) in [4.78, 5) is 0. The Bertz CT molecular complexity index is 1330. The van der Waals surface area contributed by atoms with Crippen LogP contribution in [0.15, 0.2) is 91.5 Å². The fraction of sp³-hybridized carbons (Fsp3) is 0.188. The summed E-state index contributed by atoms with van der Waals surface area (Å²) in [5.74, 6) is -1.48. The molecule has 0 heterocycles. The molecule has 0 aliphatic rings. The van der Waals surface area contributed by atoms with Gasteiger partial charge in [0.2, 0.25) is 0 Å². The molecular formula is C32H29F3O. The minimum Gasteiger partial charge on any atom is -0.493 e. The number of unbranched alkanes of at least 4 members (excludes halogenated alkanes) is 1. The standard InChI is InChI=1S/C32H29F3O/c1-3-4-5-20-36-27-17-19-28(30(33)21-27)24-13-8-23(9-14-24)10-15-26-16-18-29(32(35)31(26)34)25-11-6-22(2)7-12-25/h3,6-9,11-14,16-19,21H,1,4-5,10,15,20H2,2H3. The Balaban J connectivity index is 1.40. The first-order valence-corrected chi connectivity index (χ1v) is 12.1. The van der Waals surface area contributed by atoms with Crippen molar-refractivity contribution in [2.75, 3.05) is 6.61 Å². The van der Waals surface area contributed by atoms with Crippen molar-refractivity contribution in [1.29, 1.82) is 0 Å². The number of aryl methyl sites for hydroxylation is 3. The lowest BCUT2D eigenvalue weighted by Gasteiger charge is -2.11. The van der Waals surface area contributed by atoms with E-state index in [0.717, 1.165) is 29.5 Å². The number of rotatable bonds is 10. The highest BCUT2D eigenvalue weighted by Gasteiger charge is 2.15. The van der Waals surface area contributed by atoms with Gasteiger partial charge in [-0.15, -0.1) is 6.58 Å². The average Bonchev–Trinajstić information content (AvgIpc) is 2.89. The molecule has 0 aromatic heterocycles. The van der Waals surface area contributed by atoms with E-state index in [1.807, 2.05) is 49.4 Å². The molecule has 0 fully saturated rings. The molecular weight excluding hydrogens is 457 g/mol. The van der Waals surface area contributed by atoms with Crippen molar-refractivity contribution in [3.63, 3.8) is 0 Å². The van der Waals surface area contributed by atoms with Gasteiger partial charge in [-0.1, -0.05) is 72.3 Å². The summed E-state index contributed by atoms with van der Waals surface area (Å²) in [6.45, 7) is 6.14. The van der Waals surface area contributed by atoms with E-state index in [0.29, 0.717) is 41.9 Å². The maximum Gasteiger partial charge on any atom is 0.166 e. The first-order chi connectivity index (χ1) is 17.5. The number of ether oxygens (including phenoxy) is 1. The van der Waals surface area contributed by atoms with E-state index in [2.05, 4.69) is 6.58 Å². The van der Waals surface area contributed by atoms with Crippen LogP contribution in [-0.2, 0) is 12.8 Å². The molecule has 0 amide bonds. The molecule has 0 N–H and O–H groups in total. The Kier molecular flexibility index (Phi) is 8.27. The molecule has 0 saturated heterocycles. The quantitative estimate of drug-likeness (QED) is 0.161. The lowest BCUT2D eigenvalue weighted by atomic mass is 9.97. The predicted molar refractivity (Wildman–Crippen MR) is 141 cm³/mol. The molecule has 4 aromatic rings.